The lowest BCUT2D eigenvalue weighted by Gasteiger charge is -2.18. The van der Waals surface area contributed by atoms with E-state index in [2.05, 4.69) is 9.62 Å². The first kappa shape index (κ1) is 14.1. The van der Waals surface area contributed by atoms with E-state index in [0.29, 0.717) is 11.8 Å². The minimum atomic E-state index is -3.20. The maximum atomic E-state index is 11.5. The van der Waals surface area contributed by atoms with Crippen LogP contribution in [0.15, 0.2) is 24.3 Å². The molecule has 0 aliphatic carbocycles. The van der Waals surface area contributed by atoms with E-state index in [-0.39, 0.29) is 5.75 Å². The van der Waals surface area contributed by atoms with E-state index in [4.69, 9.17) is 4.74 Å². The lowest BCUT2D eigenvalue weighted by Crippen LogP contribution is -2.22. The summed E-state index contributed by atoms with van der Waals surface area (Å²) in [4.78, 5) is 2.24. The zero-order valence-corrected chi connectivity index (χ0v) is 12.1. The van der Waals surface area contributed by atoms with E-state index in [1.54, 1.807) is 26.2 Å². The summed E-state index contributed by atoms with van der Waals surface area (Å²) in [6.45, 7) is 3.47. The van der Waals surface area contributed by atoms with Gasteiger partial charge in [-0.15, -0.1) is 0 Å². The SMILES string of the molecule is CCS(=O)(=O)Nc1ccc(N2CCC(OC)C2)cc1. The summed E-state index contributed by atoms with van der Waals surface area (Å²) in [5.74, 6) is 0.0798. The third-order valence-electron chi connectivity index (χ3n) is 3.36. The summed E-state index contributed by atoms with van der Waals surface area (Å²) in [5.41, 5.74) is 1.70. The maximum absolute atomic E-state index is 11.5. The van der Waals surface area contributed by atoms with Gasteiger partial charge in [-0.2, -0.15) is 0 Å². The summed E-state index contributed by atoms with van der Waals surface area (Å²) in [5, 5.41) is 0. The number of rotatable bonds is 5. The Balaban J connectivity index is 2.03. The van der Waals surface area contributed by atoms with Crippen molar-refractivity contribution < 1.29 is 13.2 Å². The molecule has 1 atom stereocenters. The Morgan fingerprint density at radius 2 is 2.05 bits per heavy atom. The highest BCUT2D eigenvalue weighted by Gasteiger charge is 2.22. The zero-order chi connectivity index (χ0) is 13.9. The average molecular weight is 284 g/mol. The van der Waals surface area contributed by atoms with Crippen LogP contribution in [-0.4, -0.2) is 40.5 Å². The predicted octanol–water partition coefficient (Wildman–Crippen LogP) is 1.67. The van der Waals surface area contributed by atoms with Gasteiger partial charge in [0.1, 0.15) is 0 Å². The Kier molecular flexibility index (Phi) is 4.31. The van der Waals surface area contributed by atoms with E-state index in [1.807, 2.05) is 12.1 Å². The van der Waals surface area contributed by atoms with Crippen molar-refractivity contribution in [2.75, 3.05) is 35.6 Å². The molecule has 1 heterocycles. The number of anilines is 2. The van der Waals surface area contributed by atoms with Gasteiger partial charge in [0.2, 0.25) is 10.0 Å². The zero-order valence-electron chi connectivity index (χ0n) is 11.3. The van der Waals surface area contributed by atoms with Gasteiger partial charge in [0, 0.05) is 31.6 Å². The van der Waals surface area contributed by atoms with E-state index < -0.39 is 10.0 Å². The Labute approximate surface area is 114 Å². The fourth-order valence-corrected chi connectivity index (χ4v) is 2.79. The van der Waals surface area contributed by atoms with Crippen LogP contribution in [0.4, 0.5) is 11.4 Å². The molecule has 0 spiro atoms. The van der Waals surface area contributed by atoms with Crippen molar-refractivity contribution >= 4 is 21.4 Å². The number of hydrogen-bond donors (Lipinski definition) is 1. The van der Waals surface area contributed by atoms with E-state index >= 15 is 0 Å². The molecule has 1 aromatic carbocycles. The van der Waals surface area contributed by atoms with Gasteiger partial charge in [-0.1, -0.05) is 0 Å². The van der Waals surface area contributed by atoms with Gasteiger partial charge in [-0.05, 0) is 37.6 Å². The molecule has 0 radical (unpaired) electrons. The first-order valence-corrected chi connectivity index (χ1v) is 8.07. The maximum Gasteiger partial charge on any atom is 0.232 e. The molecule has 1 aromatic rings. The van der Waals surface area contributed by atoms with Crippen molar-refractivity contribution in [1.82, 2.24) is 0 Å². The highest BCUT2D eigenvalue weighted by molar-refractivity contribution is 7.92. The van der Waals surface area contributed by atoms with E-state index in [9.17, 15) is 8.42 Å². The molecule has 2 rings (SSSR count). The molecule has 1 fully saturated rings. The second kappa shape index (κ2) is 5.79. The monoisotopic (exact) mass is 284 g/mol. The fourth-order valence-electron chi connectivity index (χ4n) is 2.15. The Morgan fingerprint density at radius 3 is 2.58 bits per heavy atom. The van der Waals surface area contributed by atoms with Crippen molar-refractivity contribution in [1.29, 1.82) is 0 Å². The molecule has 1 unspecified atom stereocenters. The third kappa shape index (κ3) is 3.61. The molecule has 5 nitrogen and oxygen atoms in total. The van der Waals surface area contributed by atoms with Gasteiger partial charge in [0.15, 0.2) is 0 Å². The van der Waals surface area contributed by atoms with Crippen LogP contribution in [0, 0.1) is 0 Å². The smallest absolute Gasteiger partial charge is 0.232 e. The normalized spacial score (nSPS) is 19.7. The topological polar surface area (TPSA) is 58.6 Å². The second-order valence-corrected chi connectivity index (χ2v) is 6.66. The molecule has 0 bridgehead atoms. The third-order valence-corrected chi connectivity index (χ3v) is 4.67. The average Bonchev–Trinajstić information content (AvgIpc) is 2.88. The number of nitrogens with one attached hydrogen (secondary N) is 1. The number of hydrogen-bond acceptors (Lipinski definition) is 4. The standard InChI is InChI=1S/C13H20N2O3S/c1-3-19(16,17)14-11-4-6-12(7-5-11)15-9-8-13(10-15)18-2/h4-7,13-14H,3,8-10H2,1-2H3. The number of methoxy groups -OCH3 is 1. The van der Waals surface area contributed by atoms with Crippen molar-refractivity contribution in [3.63, 3.8) is 0 Å². The van der Waals surface area contributed by atoms with Crippen LogP contribution in [0.2, 0.25) is 0 Å². The highest BCUT2D eigenvalue weighted by atomic mass is 32.2. The number of ether oxygens (including phenoxy) is 1. The van der Waals surface area contributed by atoms with Gasteiger partial charge >= 0.3 is 0 Å². The Morgan fingerprint density at radius 1 is 1.37 bits per heavy atom. The van der Waals surface area contributed by atoms with Crippen LogP contribution < -0.4 is 9.62 Å². The molecule has 106 valence electrons. The summed E-state index contributed by atoms with van der Waals surface area (Å²) < 4.78 is 30.8. The van der Waals surface area contributed by atoms with E-state index in [1.165, 1.54) is 0 Å². The van der Waals surface area contributed by atoms with Crippen molar-refractivity contribution in [2.24, 2.45) is 0 Å². The molecule has 19 heavy (non-hydrogen) atoms. The number of nitrogens with zero attached hydrogens (tertiary/aromatic N) is 1. The molecular formula is C13H20N2O3S. The van der Waals surface area contributed by atoms with Crippen molar-refractivity contribution in [3.8, 4) is 0 Å². The molecule has 1 aliphatic rings. The van der Waals surface area contributed by atoms with Crippen LogP contribution in [0.3, 0.4) is 0 Å². The number of benzene rings is 1. The minimum absolute atomic E-state index is 0.0798. The van der Waals surface area contributed by atoms with Crippen molar-refractivity contribution in [3.05, 3.63) is 24.3 Å². The molecule has 0 saturated carbocycles. The second-order valence-electron chi connectivity index (χ2n) is 4.64. The molecule has 1 aliphatic heterocycles. The quantitative estimate of drug-likeness (QED) is 0.893. The summed E-state index contributed by atoms with van der Waals surface area (Å²) >= 11 is 0. The molecule has 0 amide bonds. The van der Waals surface area contributed by atoms with Gasteiger partial charge in [0.05, 0.1) is 11.9 Å². The molecule has 1 saturated heterocycles. The fraction of sp³-hybridized carbons (Fsp3) is 0.538. The van der Waals surface area contributed by atoms with Gasteiger partial charge < -0.3 is 9.64 Å². The lowest BCUT2D eigenvalue weighted by molar-refractivity contribution is 0.121. The van der Waals surface area contributed by atoms with E-state index in [0.717, 1.165) is 25.2 Å². The predicted molar refractivity (Wildman–Crippen MR) is 77.2 cm³/mol. The van der Waals surface area contributed by atoms with Gasteiger partial charge in [0.25, 0.3) is 0 Å². The summed E-state index contributed by atoms with van der Waals surface area (Å²) in [7, 11) is -1.47. The van der Waals surface area contributed by atoms with Crippen LogP contribution in [0.5, 0.6) is 0 Å². The highest BCUT2D eigenvalue weighted by Crippen LogP contribution is 2.23. The summed E-state index contributed by atoms with van der Waals surface area (Å²) in [6.07, 6.45) is 1.32. The first-order valence-electron chi connectivity index (χ1n) is 6.42. The van der Waals surface area contributed by atoms with Crippen LogP contribution in [-0.2, 0) is 14.8 Å². The molecule has 6 heteroatoms. The van der Waals surface area contributed by atoms with Crippen LogP contribution in [0.25, 0.3) is 0 Å². The molecular weight excluding hydrogens is 264 g/mol. The first-order chi connectivity index (χ1) is 9.04. The lowest BCUT2D eigenvalue weighted by atomic mass is 10.2. The largest absolute Gasteiger partial charge is 0.380 e. The van der Waals surface area contributed by atoms with Gasteiger partial charge in [-0.25, -0.2) is 8.42 Å². The number of sulfonamides is 1. The Hall–Kier alpha value is -1.27. The summed E-state index contributed by atoms with van der Waals surface area (Å²) in [6, 6.07) is 7.46. The van der Waals surface area contributed by atoms with Gasteiger partial charge in [-0.3, -0.25) is 4.72 Å². The van der Waals surface area contributed by atoms with Crippen LogP contribution in [0.1, 0.15) is 13.3 Å². The Bertz CT molecular complexity index is 513. The minimum Gasteiger partial charge on any atom is -0.380 e. The molecule has 0 aromatic heterocycles. The van der Waals surface area contributed by atoms with Crippen LogP contribution >= 0.6 is 0 Å². The molecule has 1 N–H and O–H groups in total. The van der Waals surface area contributed by atoms with Crippen molar-refractivity contribution in [2.45, 2.75) is 19.4 Å².